The van der Waals surface area contributed by atoms with Gasteiger partial charge in [-0.05, 0) is 18.9 Å². The Morgan fingerprint density at radius 1 is 1.38 bits per heavy atom. The van der Waals surface area contributed by atoms with Crippen LogP contribution in [0.4, 0.5) is 0 Å². The summed E-state index contributed by atoms with van der Waals surface area (Å²) in [5.41, 5.74) is 14.5. The Hall–Kier alpha value is -2.63. The fourth-order valence-electron chi connectivity index (χ4n) is 1.70. The maximum Gasteiger partial charge on any atom is 0.399 e. The molecule has 2 atom stereocenters. The molecule has 0 spiro atoms. The summed E-state index contributed by atoms with van der Waals surface area (Å²) < 4.78 is 0. The van der Waals surface area contributed by atoms with Crippen molar-refractivity contribution < 1.29 is 19.2 Å². The summed E-state index contributed by atoms with van der Waals surface area (Å²) in [4.78, 5) is 36.6. The summed E-state index contributed by atoms with van der Waals surface area (Å²) in [7, 11) is 0. The van der Waals surface area contributed by atoms with E-state index in [1.165, 1.54) is 6.92 Å². The number of nitrogens with one attached hydrogen (secondary N) is 1. The highest BCUT2D eigenvalue weighted by Crippen LogP contribution is 2.02. The quantitative estimate of drug-likeness (QED) is 0.230. The van der Waals surface area contributed by atoms with Gasteiger partial charge in [0.25, 0.3) is 5.78 Å². The number of benzene rings is 1. The van der Waals surface area contributed by atoms with Crippen LogP contribution in [0.3, 0.4) is 0 Å². The van der Waals surface area contributed by atoms with Crippen LogP contribution in [0.25, 0.3) is 5.53 Å². The summed E-state index contributed by atoms with van der Waals surface area (Å²) >= 11 is 0. The van der Waals surface area contributed by atoms with Gasteiger partial charge in [-0.1, -0.05) is 30.3 Å². The molecule has 0 bridgehead atoms. The van der Waals surface area contributed by atoms with Crippen LogP contribution in [0.5, 0.6) is 0 Å². The molecule has 3 N–H and O–H groups in total. The second-order valence-electron chi connectivity index (χ2n) is 4.49. The number of amides is 1. The number of ketones is 1. The minimum atomic E-state index is -1.00. The summed E-state index contributed by atoms with van der Waals surface area (Å²) in [5.74, 6) is -1.31. The first-order valence-corrected chi connectivity index (χ1v) is 6.31. The van der Waals surface area contributed by atoms with Crippen LogP contribution in [-0.2, 0) is 20.8 Å². The maximum atomic E-state index is 11.9. The molecule has 1 amide bonds. The molecule has 0 saturated heterocycles. The molecular formula is C14H16N4O3. The van der Waals surface area contributed by atoms with Crippen LogP contribution in [0.2, 0.25) is 0 Å². The third-order valence-corrected chi connectivity index (χ3v) is 2.86. The van der Waals surface area contributed by atoms with Gasteiger partial charge in [-0.15, -0.1) is 0 Å². The molecule has 0 unspecified atom stereocenters. The second kappa shape index (κ2) is 7.84. The average Bonchev–Trinajstić information content (AvgIpc) is 2.49. The van der Waals surface area contributed by atoms with Gasteiger partial charge in [0.15, 0.2) is 0 Å². The SMILES string of the molecule is C[C@@H](NC(=O)[C@H](N)Cc1ccccc1)C(=O)C(C=O)=[N+]=[N-]. The summed E-state index contributed by atoms with van der Waals surface area (Å²) in [6.45, 7) is 1.38. The molecule has 0 fully saturated rings. The summed E-state index contributed by atoms with van der Waals surface area (Å²) in [5, 5.41) is 2.38. The molecule has 1 aromatic rings. The zero-order chi connectivity index (χ0) is 15.8. The van der Waals surface area contributed by atoms with E-state index in [9.17, 15) is 14.4 Å². The standard InChI is InChI=1S/C14H16N4O3/c1-9(13(20)12(8-19)18-16)17-14(21)11(15)7-10-5-3-2-4-6-10/h2-6,8-9,11H,7,15H2,1H3,(H,17,21)/t9-,11-/m1/s1. The Bertz CT molecular complexity index is 579. The van der Waals surface area contributed by atoms with Gasteiger partial charge in [0.05, 0.1) is 12.1 Å². The van der Waals surface area contributed by atoms with Crippen LogP contribution in [0.15, 0.2) is 30.3 Å². The van der Waals surface area contributed by atoms with Crippen LogP contribution in [0, 0.1) is 0 Å². The molecule has 0 saturated carbocycles. The third-order valence-electron chi connectivity index (χ3n) is 2.86. The van der Waals surface area contributed by atoms with Crippen LogP contribution in [-0.4, -0.2) is 40.6 Å². The predicted octanol–water partition coefficient (Wildman–Crippen LogP) is -0.500. The van der Waals surface area contributed by atoms with Gasteiger partial charge < -0.3 is 16.6 Å². The molecule has 0 aromatic heterocycles. The van der Waals surface area contributed by atoms with Crippen molar-refractivity contribution >= 4 is 23.7 Å². The van der Waals surface area contributed by atoms with E-state index in [0.29, 0.717) is 6.42 Å². The Morgan fingerprint density at radius 3 is 2.52 bits per heavy atom. The summed E-state index contributed by atoms with van der Waals surface area (Å²) in [6.07, 6.45) is 0.442. The molecule has 0 aliphatic carbocycles. The molecule has 1 aromatic carbocycles. The number of nitrogens with zero attached hydrogens (tertiary/aromatic N) is 2. The van der Waals surface area contributed by atoms with Gasteiger partial charge in [-0.2, -0.15) is 4.79 Å². The van der Waals surface area contributed by atoms with Crippen LogP contribution in [0.1, 0.15) is 12.5 Å². The molecule has 1 rings (SSSR count). The molecule has 110 valence electrons. The Balaban J connectivity index is 2.62. The van der Waals surface area contributed by atoms with E-state index in [0.717, 1.165) is 5.56 Å². The molecule has 21 heavy (non-hydrogen) atoms. The molecule has 0 heterocycles. The molecule has 0 radical (unpaired) electrons. The van der Waals surface area contributed by atoms with E-state index >= 15 is 0 Å². The fourth-order valence-corrected chi connectivity index (χ4v) is 1.70. The fraction of sp³-hybridized carbons (Fsp3) is 0.286. The minimum Gasteiger partial charge on any atom is -0.360 e. The third kappa shape index (κ3) is 4.76. The van der Waals surface area contributed by atoms with E-state index in [-0.39, 0.29) is 6.29 Å². The topological polar surface area (TPSA) is 126 Å². The molecule has 7 nitrogen and oxygen atoms in total. The average molecular weight is 288 g/mol. The normalized spacial score (nSPS) is 12.7. The molecular weight excluding hydrogens is 272 g/mol. The Kier molecular flexibility index (Phi) is 6.13. The van der Waals surface area contributed by atoms with Crippen molar-refractivity contribution in [2.75, 3.05) is 0 Å². The molecule has 0 aliphatic heterocycles. The van der Waals surface area contributed by atoms with Crippen LogP contribution >= 0.6 is 0 Å². The van der Waals surface area contributed by atoms with E-state index in [1.54, 1.807) is 0 Å². The number of Topliss-reactive ketones (excluding diaryl/α,β-unsaturated/α-hetero) is 1. The molecule has 0 aliphatic rings. The van der Waals surface area contributed by atoms with Gasteiger partial charge in [0, 0.05) is 0 Å². The highest BCUT2D eigenvalue weighted by Gasteiger charge is 2.28. The number of hydrogen-bond donors (Lipinski definition) is 2. The van der Waals surface area contributed by atoms with Crippen molar-refractivity contribution in [2.45, 2.75) is 25.4 Å². The Morgan fingerprint density at radius 2 is 2.00 bits per heavy atom. The lowest BCUT2D eigenvalue weighted by Crippen LogP contribution is -2.49. The van der Waals surface area contributed by atoms with E-state index in [2.05, 4.69) is 10.1 Å². The highest BCUT2D eigenvalue weighted by molar-refractivity contribution is 6.59. The smallest absolute Gasteiger partial charge is 0.360 e. The monoisotopic (exact) mass is 288 g/mol. The summed E-state index contributed by atoms with van der Waals surface area (Å²) in [6, 6.07) is 7.37. The van der Waals surface area contributed by atoms with Crippen molar-refractivity contribution in [3.05, 3.63) is 41.4 Å². The zero-order valence-electron chi connectivity index (χ0n) is 11.5. The van der Waals surface area contributed by atoms with Crippen LogP contribution < -0.4 is 11.1 Å². The number of hydrogen-bond acceptors (Lipinski definition) is 4. The lowest BCUT2D eigenvalue weighted by molar-refractivity contribution is -0.128. The van der Waals surface area contributed by atoms with Crippen molar-refractivity contribution in [2.24, 2.45) is 5.73 Å². The highest BCUT2D eigenvalue weighted by atomic mass is 16.2. The van der Waals surface area contributed by atoms with Crippen molar-refractivity contribution in [1.29, 1.82) is 0 Å². The minimum absolute atomic E-state index is 0.120. The van der Waals surface area contributed by atoms with Crippen molar-refractivity contribution in [1.82, 2.24) is 5.32 Å². The van der Waals surface area contributed by atoms with E-state index < -0.39 is 29.5 Å². The zero-order valence-corrected chi connectivity index (χ0v) is 11.5. The second-order valence-corrected chi connectivity index (χ2v) is 4.49. The van der Waals surface area contributed by atoms with Gasteiger partial charge in [0.1, 0.15) is 0 Å². The first kappa shape index (κ1) is 16.4. The van der Waals surface area contributed by atoms with Gasteiger partial charge in [-0.25, -0.2) is 0 Å². The maximum absolute atomic E-state index is 11.9. The number of nitrogens with two attached hydrogens (primary N) is 1. The van der Waals surface area contributed by atoms with Gasteiger partial charge in [-0.3, -0.25) is 14.4 Å². The first-order chi connectivity index (χ1) is 9.99. The first-order valence-electron chi connectivity index (χ1n) is 6.31. The van der Waals surface area contributed by atoms with Gasteiger partial charge in [0.2, 0.25) is 12.2 Å². The number of carbonyl (C=O) groups excluding carboxylic acids is 3. The molecule has 7 heteroatoms. The Labute approximate surface area is 121 Å². The van der Waals surface area contributed by atoms with E-state index in [4.69, 9.17) is 11.3 Å². The number of carbonyl (C=O) groups is 3. The lowest BCUT2D eigenvalue weighted by atomic mass is 10.0. The largest absolute Gasteiger partial charge is 0.399 e. The van der Waals surface area contributed by atoms with Crippen molar-refractivity contribution in [3.63, 3.8) is 0 Å². The van der Waals surface area contributed by atoms with Gasteiger partial charge >= 0.3 is 5.71 Å². The number of rotatable bonds is 7. The lowest BCUT2D eigenvalue weighted by Gasteiger charge is -2.15. The van der Waals surface area contributed by atoms with Crippen molar-refractivity contribution in [3.8, 4) is 0 Å². The predicted molar refractivity (Wildman–Crippen MR) is 75.4 cm³/mol. The number of aldehydes is 1. The van der Waals surface area contributed by atoms with E-state index in [1.807, 2.05) is 30.3 Å².